The van der Waals surface area contributed by atoms with Crippen molar-refractivity contribution in [1.29, 1.82) is 0 Å². The minimum Gasteiger partial charge on any atom is -0.444 e. The number of amides is 3. The predicted molar refractivity (Wildman–Crippen MR) is 134 cm³/mol. The minimum atomic E-state index is -1.00. The molecule has 2 atom stereocenters. The van der Waals surface area contributed by atoms with Crippen molar-refractivity contribution in [3.8, 4) is 0 Å². The summed E-state index contributed by atoms with van der Waals surface area (Å²) in [5.41, 5.74) is 0.644. The van der Waals surface area contributed by atoms with Crippen LogP contribution in [-0.4, -0.2) is 58.8 Å². The number of alkyl carbamates (subject to hydrolysis) is 1. The van der Waals surface area contributed by atoms with Gasteiger partial charge in [0.15, 0.2) is 0 Å². The van der Waals surface area contributed by atoms with Crippen LogP contribution in [0.3, 0.4) is 0 Å². The second kappa shape index (κ2) is 13.1. The van der Waals surface area contributed by atoms with E-state index in [1.807, 2.05) is 33.8 Å². The third-order valence-electron chi connectivity index (χ3n) is 4.77. The first-order chi connectivity index (χ1) is 15.8. The number of aliphatic hydroxyl groups is 1. The largest absolute Gasteiger partial charge is 0.444 e. The molecule has 0 radical (unpaired) electrons. The second-order valence-corrected chi connectivity index (χ2v) is 10.0. The predicted octanol–water partition coefficient (Wildman–Crippen LogP) is 3.66. The van der Waals surface area contributed by atoms with Crippen LogP contribution in [0.1, 0.15) is 72.1 Å². The van der Waals surface area contributed by atoms with Gasteiger partial charge in [0.2, 0.25) is 11.8 Å². The van der Waals surface area contributed by atoms with Crippen molar-refractivity contribution in [2.24, 2.45) is 5.92 Å². The first-order valence-electron chi connectivity index (χ1n) is 11.7. The number of carbonyl (C=O) groups is 3. The highest BCUT2D eigenvalue weighted by molar-refractivity contribution is 5.92. The van der Waals surface area contributed by atoms with E-state index in [4.69, 9.17) is 4.74 Å². The van der Waals surface area contributed by atoms with Crippen LogP contribution in [-0.2, 0) is 14.3 Å². The number of hydrogen-bond donors (Lipinski definition) is 3. The lowest BCUT2D eigenvalue weighted by Crippen LogP contribution is -2.54. The maximum atomic E-state index is 13.8. The lowest BCUT2D eigenvalue weighted by atomic mass is 9.98. The molecule has 1 aromatic rings. The molecule has 0 aliphatic rings. The molecule has 0 saturated carbocycles. The summed E-state index contributed by atoms with van der Waals surface area (Å²) in [6, 6.07) is 5.08. The van der Waals surface area contributed by atoms with Gasteiger partial charge in [0.1, 0.15) is 17.7 Å². The van der Waals surface area contributed by atoms with Gasteiger partial charge in [-0.2, -0.15) is 0 Å². The van der Waals surface area contributed by atoms with E-state index in [1.54, 1.807) is 45.0 Å². The summed E-state index contributed by atoms with van der Waals surface area (Å²) in [6.07, 6.45) is 1.28. The van der Waals surface area contributed by atoms with Gasteiger partial charge in [0.05, 0.1) is 6.61 Å². The highest BCUT2D eigenvalue weighted by atomic mass is 16.6. The number of rotatable bonds is 11. The molecule has 2 unspecified atom stereocenters. The zero-order valence-corrected chi connectivity index (χ0v) is 21.6. The summed E-state index contributed by atoms with van der Waals surface area (Å²) in [6.45, 7) is 16.1. The number of benzene rings is 1. The first-order valence-corrected chi connectivity index (χ1v) is 11.7. The SMILES string of the molecule is C=Cc1cccc(C(C(=O)NC(C)C)N(CCO)C(=O)C(CC(C)C)NC(=O)OC(C)(C)C)c1. The highest BCUT2D eigenvalue weighted by Gasteiger charge is 2.36. The number of hydrogen-bond acceptors (Lipinski definition) is 5. The summed E-state index contributed by atoms with van der Waals surface area (Å²) in [5, 5.41) is 15.3. The van der Waals surface area contributed by atoms with Crippen LogP contribution >= 0.6 is 0 Å². The molecule has 0 saturated heterocycles. The summed E-state index contributed by atoms with van der Waals surface area (Å²) >= 11 is 0. The summed E-state index contributed by atoms with van der Waals surface area (Å²) in [4.78, 5) is 40.9. The fourth-order valence-electron chi connectivity index (χ4n) is 3.51. The van der Waals surface area contributed by atoms with Crippen molar-refractivity contribution in [2.75, 3.05) is 13.2 Å². The lowest BCUT2D eigenvalue weighted by molar-refractivity contribution is -0.143. The van der Waals surface area contributed by atoms with Gasteiger partial charge in [-0.25, -0.2) is 4.79 Å². The van der Waals surface area contributed by atoms with Crippen molar-refractivity contribution in [3.63, 3.8) is 0 Å². The Labute approximate surface area is 203 Å². The van der Waals surface area contributed by atoms with Gasteiger partial charge >= 0.3 is 6.09 Å². The van der Waals surface area contributed by atoms with E-state index in [0.29, 0.717) is 12.0 Å². The molecule has 3 amide bonds. The lowest BCUT2D eigenvalue weighted by Gasteiger charge is -2.35. The molecule has 0 aliphatic carbocycles. The van der Waals surface area contributed by atoms with E-state index in [0.717, 1.165) is 5.56 Å². The quantitative estimate of drug-likeness (QED) is 0.453. The molecule has 0 bridgehead atoms. The van der Waals surface area contributed by atoms with Crippen LogP contribution in [0.2, 0.25) is 0 Å². The molecule has 0 heterocycles. The summed E-state index contributed by atoms with van der Waals surface area (Å²) in [7, 11) is 0. The summed E-state index contributed by atoms with van der Waals surface area (Å²) in [5.74, 6) is -0.771. The van der Waals surface area contributed by atoms with Gasteiger partial charge in [-0.1, -0.05) is 44.7 Å². The van der Waals surface area contributed by atoms with Gasteiger partial charge in [0, 0.05) is 12.6 Å². The Bertz CT molecular complexity index is 845. The topological polar surface area (TPSA) is 108 Å². The molecule has 190 valence electrons. The number of nitrogens with zero attached hydrogens (tertiary/aromatic N) is 1. The van der Waals surface area contributed by atoms with Crippen LogP contribution < -0.4 is 10.6 Å². The molecule has 34 heavy (non-hydrogen) atoms. The first kappa shape index (κ1) is 29.2. The van der Waals surface area contributed by atoms with Crippen LogP contribution in [0.5, 0.6) is 0 Å². The van der Waals surface area contributed by atoms with Gasteiger partial charge in [-0.05, 0) is 64.2 Å². The van der Waals surface area contributed by atoms with Gasteiger partial charge in [-0.3, -0.25) is 9.59 Å². The fourth-order valence-corrected chi connectivity index (χ4v) is 3.51. The Morgan fingerprint density at radius 3 is 2.29 bits per heavy atom. The van der Waals surface area contributed by atoms with E-state index in [-0.39, 0.29) is 31.0 Å². The Morgan fingerprint density at radius 1 is 1.15 bits per heavy atom. The zero-order chi connectivity index (χ0) is 26.1. The monoisotopic (exact) mass is 475 g/mol. The molecule has 1 aromatic carbocycles. The van der Waals surface area contributed by atoms with Crippen molar-refractivity contribution >= 4 is 24.0 Å². The van der Waals surface area contributed by atoms with Gasteiger partial charge in [-0.15, -0.1) is 0 Å². The third-order valence-corrected chi connectivity index (χ3v) is 4.77. The molecular weight excluding hydrogens is 434 g/mol. The standard InChI is InChI=1S/C26H41N3O5/c1-9-19-11-10-12-20(16-19)22(23(31)27-18(4)5)29(13-14-30)24(32)21(15-17(2)3)28-25(33)34-26(6,7)8/h9-12,16-18,21-22,30H,1,13-15H2,2-8H3,(H,27,31)(H,28,33). The molecule has 8 nitrogen and oxygen atoms in total. The van der Waals surface area contributed by atoms with Gasteiger partial charge in [0.25, 0.3) is 0 Å². The van der Waals surface area contributed by atoms with Gasteiger partial charge < -0.3 is 25.4 Å². The average molecular weight is 476 g/mol. The molecule has 1 rings (SSSR count). The molecule has 0 spiro atoms. The second-order valence-electron chi connectivity index (χ2n) is 10.0. The molecule has 0 aliphatic heterocycles. The van der Waals surface area contributed by atoms with Crippen LogP contribution in [0.25, 0.3) is 6.08 Å². The number of nitrogens with one attached hydrogen (secondary N) is 2. The number of aliphatic hydroxyl groups excluding tert-OH is 1. The molecular formula is C26H41N3O5. The van der Waals surface area contributed by atoms with Crippen LogP contribution in [0, 0.1) is 5.92 Å². The van der Waals surface area contributed by atoms with Crippen LogP contribution in [0.15, 0.2) is 30.8 Å². The summed E-state index contributed by atoms with van der Waals surface area (Å²) < 4.78 is 5.35. The number of ether oxygens (including phenoxy) is 1. The maximum Gasteiger partial charge on any atom is 0.408 e. The Morgan fingerprint density at radius 2 is 1.79 bits per heavy atom. The van der Waals surface area contributed by atoms with Crippen LogP contribution in [0.4, 0.5) is 4.79 Å². The minimum absolute atomic E-state index is 0.0758. The number of carbonyl (C=O) groups excluding carboxylic acids is 3. The normalized spacial score (nSPS) is 13.2. The Hall–Kier alpha value is -2.87. The smallest absolute Gasteiger partial charge is 0.408 e. The average Bonchev–Trinajstić information content (AvgIpc) is 2.70. The third kappa shape index (κ3) is 9.55. The Balaban J connectivity index is 3.45. The molecule has 8 heteroatoms. The Kier molecular flexibility index (Phi) is 11.3. The van der Waals surface area contributed by atoms with Crippen molar-refractivity contribution in [1.82, 2.24) is 15.5 Å². The molecule has 3 N–H and O–H groups in total. The fraction of sp³-hybridized carbons (Fsp3) is 0.577. The zero-order valence-electron chi connectivity index (χ0n) is 21.6. The van der Waals surface area contributed by atoms with E-state index in [9.17, 15) is 19.5 Å². The molecule has 0 fully saturated rings. The highest BCUT2D eigenvalue weighted by Crippen LogP contribution is 2.25. The van der Waals surface area contributed by atoms with Crippen molar-refractivity contribution in [2.45, 2.75) is 78.6 Å². The maximum absolute atomic E-state index is 13.8. The van der Waals surface area contributed by atoms with Crippen molar-refractivity contribution < 1.29 is 24.2 Å². The van der Waals surface area contributed by atoms with E-state index < -0.39 is 29.7 Å². The van der Waals surface area contributed by atoms with E-state index in [2.05, 4.69) is 17.2 Å². The molecule has 0 aromatic heterocycles. The van der Waals surface area contributed by atoms with E-state index in [1.165, 1.54) is 4.90 Å². The van der Waals surface area contributed by atoms with Crippen molar-refractivity contribution in [3.05, 3.63) is 42.0 Å². The van der Waals surface area contributed by atoms with E-state index >= 15 is 0 Å².